The van der Waals surface area contributed by atoms with E-state index < -0.39 is 0 Å². The van der Waals surface area contributed by atoms with Crippen molar-refractivity contribution < 1.29 is 0 Å². The van der Waals surface area contributed by atoms with Crippen LogP contribution in [0.4, 0.5) is 0 Å². The standard InChI is InChI=1S/C9H16N6S/c1-2-7(5-8(10)11)16-9-12-13-14-15(9)6-3-4-6/h6-7H,2-5H2,1H3,(H3,10,11). The van der Waals surface area contributed by atoms with Crippen molar-refractivity contribution in [3.8, 4) is 0 Å². The van der Waals surface area contributed by atoms with Crippen molar-refractivity contribution in [3.05, 3.63) is 0 Å². The molecule has 1 aromatic heterocycles. The largest absolute Gasteiger partial charge is 0.388 e. The second kappa shape index (κ2) is 4.82. The molecule has 88 valence electrons. The molecule has 1 aliphatic carbocycles. The van der Waals surface area contributed by atoms with E-state index in [9.17, 15) is 0 Å². The van der Waals surface area contributed by atoms with Crippen molar-refractivity contribution in [3.63, 3.8) is 0 Å². The highest BCUT2D eigenvalue weighted by Crippen LogP contribution is 2.37. The zero-order chi connectivity index (χ0) is 11.5. The second-order valence-electron chi connectivity index (χ2n) is 4.01. The van der Waals surface area contributed by atoms with Gasteiger partial charge in [0.15, 0.2) is 0 Å². The Kier molecular flexibility index (Phi) is 3.42. The topological polar surface area (TPSA) is 93.5 Å². The van der Waals surface area contributed by atoms with E-state index in [2.05, 4.69) is 22.4 Å². The molecular weight excluding hydrogens is 224 g/mol. The lowest BCUT2D eigenvalue weighted by Crippen LogP contribution is -2.17. The minimum absolute atomic E-state index is 0.227. The Balaban J connectivity index is 2.00. The molecule has 1 fully saturated rings. The van der Waals surface area contributed by atoms with E-state index in [1.165, 1.54) is 12.8 Å². The summed E-state index contributed by atoms with van der Waals surface area (Å²) >= 11 is 1.62. The molecule has 1 atom stereocenters. The maximum Gasteiger partial charge on any atom is 0.209 e. The number of rotatable bonds is 6. The first-order valence-electron chi connectivity index (χ1n) is 5.48. The van der Waals surface area contributed by atoms with Gasteiger partial charge in [0.1, 0.15) is 0 Å². The summed E-state index contributed by atoms with van der Waals surface area (Å²) in [7, 11) is 0. The Morgan fingerprint density at radius 2 is 2.44 bits per heavy atom. The minimum atomic E-state index is 0.227. The van der Waals surface area contributed by atoms with E-state index in [4.69, 9.17) is 11.1 Å². The van der Waals surface area contributed by atoms with Crippen LogP contribution in [0.25, 0.3) is 0 Å². The number of tetrazole rings is 1. The first-order valence-corrected chi connectivity index (χ1v) is 6.36. The molecule has 2 rings (SSSR count). The number of amidine groups is 1. The molecule has 6 nitrogen and oxygen atoms in total. The molecule has 1 saturated carbocycles. The number of nitrogens with one attached hydrogen (secondary N) is 1. The first kappa shape index (κ1) is 11.4. The normalized spacial score (nSPS) is 17.3. The molecule has 0 spiro atoms. The van der Waals surface area contributed by atoms with Gasteiger partial charge < -0.3 is 5.73 Å². The van der Waals surface area contributed by atoms with Gasteiger partial charge in [0.25, 0.3) is 0 Å². The van der Waals surface area contributed by atoms with E-state index in [0.29, 0.717) is 17.7 Å². The maximum absolute atomic E-state index is 7.31. The van der Waals surface area contributed by atoms with Crippen molar-refractivity contribution in [1.82, 2.24) is 20.2 Å². The van der Waals surface area contributed by atoms with Crippen molar-refractivity contribution in [2.45, 2.75) is 49.1 Å². The van der Waals surface area contributed by atoms with Gasteiger partial charge in [0, 0.05) is 11.7 Å². The van der Waals surface area contributed by atoms with Crippen molar-refractivity contribution in [2.75, 3.05) is 0 Å². The number of hydrogen-bond donors (Lipinski definition) is 2. The Morgan fingerprint density at radius 3 is 3.00 bits per heavy atom. The van der Waals surface area contributed by atoms with Crippen LogP contribution < -0.4 is 5.73 Å². The number of aromatic nitrogens is 4. The number of thioether (sulfide) groups is 1. The summed E-state index contributed by atoms with van der Waals surface area (Å²) in [5, 5.41) is 20.2. The lowest BCUT2D eigenvalue weighted by atomic mass is 10.2. The molecule has 0 aliphatic heterocycles. The monoisotopic (exact) mass is 240 g/mol. The highest BCUT2D eigenvalue weighted by molar-refractivity contribution is 7.99. The molecule has 0 radical (unpaired) electrons. The third kappa shape index (κ3) is 2.72. The average molecular weight is 240 g/mol. The summed E-state index contributed by atoms with van der Waals surface area (Å²) < 4.78 is 1.90. The Morgan fingerprint density at radius 1 is 1.69 bits per heavy atom. The molecular formula is C9H16N6S. The summed E-state index contributed by atoms with van der Waals surface area (Å²) in [6.45, 7) is 2.09. The first-order chi connectivity index (χ1) is 7.70. The van der Waals surface area contributed by atoms with Crippen molar-refractivity contribution in [1.29, 1.82) is 5.41 Å². The molecule has 0 amide bonds. The summed E-state index contributed by atoms with van der Waals surface area (Å²) in [5.74, 6) is 0.227. The van der Waals surface area contributed by atoms with Gasteiger partial charge in [-0.1, -0.05) is 18.7 Å². The summed E-state index contributed by atoms with van der Waals surface area (Å²) in [5.41, 5.74) is 5.42. The van der Waals surface area contributed by atoms with E-state index in [0.717, 1.165) is 11.6 Å². The Labute approximate surface area is 98.5 Å². The van der Waals surface area contributed by atoms with Gasteiger partial charge >= 0.3 is 0 Å². The lowest BCUT2D eigenvalue weighted by Gasteiger charge is -2.12. The highest BCUT2D eigenvalue weighted by Gasteiger charge is 2.28. The van der Waals surface area contributed by atoms with E-state index in [1.54, 1.807) is 11.8 Å². The van der Waals surface area contributed by atoms with Crippen LogP contribution >= 0.6 is 11.8 Å². The molecule has 3 N–H and O–H groups in total. The third-order valence-corrected chi connectivity index (χ3v) is 3.84. The SMILES string of the molecule is CCC(CC(=N)N)Sc1nnnn1C1CC1. The highest BCUT2D eigenvalue weighted by atomic mass is 32.2. The van der Waals surface area contributed by atoms with E-state index in [-0.39, 0.29) is 5.84 Å². The van der Waals surface area contributed by atoms with E-state index in [1.807, 2.05) is 4.68 Å². The molecule has 16 heavy (non-hydrogen) atoms. The molecule has 7 heteroatoms. The molecule has 0 bridgehead atoms. The quantitative estimate of drug-likeness (QED) is 0.443. The van der Waals surface area contributed by atoms with Crippen LogP contribution in [-0.4, -0.2) is 31.3 Å². The summed E-state index contributed by atoms with van der Waals surface area (Å²) in [6, 6.07) is 0.493. The van der Waals surface area contributed by atoms with Gasteiger partial charge in [-0.15, -0.1) is 5.10 Å². The summed E-state index contributed by atoms with van der Waals surface area (Å²) in [6.07, 6.45) is 3.89. The summed E-state index contributed by atoms with van der Waals surface area (Å²) in [4.78, 5) is 0. The van der Waals surface area contributed by atoms with Gasteiger partial charge in [0.2, 0.25) is 5.16 Å². The van der Waals surface area contributed by atoms with Gasteiger partial charge in [0.05, 0.1) is 11.9 Å². The zero-order valence-corrected chi connectivity index (χ0v) is 10.1. The molecule has 0 aromatic carbocycles. The molecule has 1 unspecified atom stereocenters. The average Bonchev–Trinajstić information content (AvgIpc) is 2.98. The fourth-order valence-corrected chi connectivity index (χ4v) is 2.58. The van der Waals surface area contributed by atoms with Gasteiger partial charge in [-0.3, -0.25) is 5.41 Å². The Hall–Kier alpha value is -1.11. The zero-order valence-electron chi connectivity index (χ0n) is 9.26. The predicted molar refractivity (Wildman–Crippen MR) is 62.6 cm³/mol. The van der Waals surface area contributed by atoms with Crippen molar-refractivity contribution in [2.24, 2.45) is 5.73 Å². The Bertz CT molecular complexity index is 372. The van der Waals surface area contributed by atoms with Crippen LogP contribution in [0.15, 0.2) is 5.16 Å². The van der Waals surface area contributed by atoms with Gasteiger partial charge in [-0.25, -0.2) is 4.68 Å². The molecule has 1 aliphatic rings. The molecule has 1 heterocycles. The van der Waals surface area contributed by atoms with E-state index >= 15 is 0 Å². The van der Waals surface area contributed by atoms with Crippen LogP contribution in [0.3, 0.4) is 0 Å². The van der Waals surface area contributed by atoms with Crippen LogP contribution in [0, 0.1) is 5.41 Å². The smallest absolute Gasteiger partial charge is 0.209 e. The molecule has 0 saturated heterocycles. The van der Waals surface area contributed by atoms with Crippen LogP contribution in [-0.2, 0) is 0 Å². The second-order valence-corrected chi connectivity index (χ2v) is 5.28. The maximum atomic E-state index is 7.31. The van der Waals surface area contributed by atoms with Crippen LogP contribution in [0.5, 0.6) is 0 Å². The third-order valence-electron chi connectivity index (χ3n) is 2.53. The fraction of sp³-hybridized carbons (Fsp3) is 0.778. The lowest BCUT2D eigenvalue weighted by molar-refractivity contribution is 0.564. The predicted octanol–water partition coefficient (Wildman–Crippen LogP) is 1.20. The number of hydrogen-bond acceptors (Lipinski definition) is 5. The number of nitrogens with zero attached hydrogens (tertiary/aromatic N) is 4. The molecule has 1 aromatic rings. The fourth-order valence-electron chi connectivity index (χ4n) is 1.48. The van der Waals surface area contributed by atoms with Gasteiger partial charge in [-0.05, 0) is 29.7 Å². The van der Waals surface area contributed by atoms with Crippen LogP contribution in [0.2, 0.25) is 0 Å². The van der Waals surface area contributed by atoms with Crippen LogP contribution in [0.1, 0.15) is 38.6 Å². The minimum Gasteiger partial charge on any atom is -0.388 e. The number of nitrogens with two attached hydrogens (primary N) is 1. The van der Waals surface area contributed by atoms with Gasteiger partial charge in [-0.2, -0.15) is 0 Å². The van der Waals surface area contributed by atoms with Crippen molar-refractivity contribution >= 4 is 17.6 Å².